The predicted molar refractivity (Wildman–Crippen MR) is 70.3 cm³/mol. The highest BCUT2D eigenvalue weighted by Crippen LogP contribution is 2.42. The first-order valence-corrected chi connectivity index (χ1v) is 6.41. The van der Waals surface area contributed by atoms with Crippen LogP contribution in [0.5, 0.6) is 5.75 Å². The highest BCUT2D eigenvalue weighted by molar-refractivity contribution is 6.31. The fourth-order valence-corrected chi connectivity index (χ4v) is 2.94. The van der Waals surface area contributed by atoms with Gasteiger partial charge in [0.25, 0.3) is 0 Å². The van der Waals surface area contributed by atoms with Crippen LogP contribution in [-0.4, -0.2) is 30.1 Å². The molecule has 5 heteroatoms. The molecular formula is C13H18ClFN2O. The van der Waals surface area contributed by atoms with Gasteiger partial charge in [-0.3, -0.25) is 4.90 Å². The lowest BCUT2D eigenvalue weighted by Crippen LogP contribution is -2.21. The van der Waals surface area contributed by atoms with E-state index in [0.29, 0.717) is 23.0 Å². The van der Waals surface area contributed by atoms with Crippen LogP contribution < -0.4 is 5.73 Å². The summed E-state index contributed by atoms with van der Waals surface area (Å²) in [6.45, 7) is 3.26. The molecule has 1 aliphatic rings. The number of nitrogens with zero attached hydrogens (tertiary/aromatic N) is 1. The Kier molecular flexibility index (Phi) is 3.80. The largest absolute Gasteiger partial charge is 0.505 e. The maximum atomic E-state index is 13.6. The van der Waals surface area contributed by atoms with Crippen molar-refractivity contribution in [2.75, 3.05) is 20.1 Å². The van der Waals surface area contributed by atoms with Gasteiger partial charge in [0, 0.05) is 23.2 Å². The third kappa shape index (κ3) is 2.20. The van der Waals surface area contributed by atoms with Crippen LogP contribution in [0.25, 0.3) is 0 Å². The summed E-state index contributed by atoms with van der Waals surface area (Å²) in [5, 5.41) is 10.3. The maximum Gasteiger partial charge on any atom is 0.166 e. The van der Waals surface area contributed by atoms with Gasteiger partial charge in [-0.15, -0.1) is 0 Å². The smallest absolute Gasteiger partial charge is 0.166 e. The van der Waals surface area contributed by atoms with Gasteiger partial charge in [0.1, 0.15) is 0 Å². The van der Waals surface area contributed by atoms with Crippen LogP contribution in [0.3, 0.4) is 0 Å². The fraction of sp³-hybridized carbons (Fsp3) is 0.538. The first kappa shape index (κ1) is 13.6. The van der Waals surface area contributed by atoms with Crippen molar-refractivity contribution in [3.63, 3.8) is 0 Å². The molecule has 1 heterocycles. The van der Waals surface area contributed by atoms with Crippen molar-refractivity contribution < 1.29 is 9.50 Å². The minimum absolute atomic E-state index is 0.0215. The van der Waals surface area contributed by atoms with E-state index in [1.54, 1.807) is 6.92 Å². The molecule has 3 nitrogen and oxygen atoms in total. The lowest BCUT2D eigenvalue weighted by molar-refractivity contribution is 0.301. The van der Waals surface area contributed by atoms with Gasteiger partial charge >= 0.3 is 0 Å². The summed E-state index contributed by atoms with van der Waals surface area (Å²) in [5.41, 5.74) is 7.02. The zero-order valence-electron chi connectivity index (χ0n) is 10.6. The summed E-state index contributed by atoms with van der Waals surface area (Å²) in [6, 6.07) is 1.14. The van der Waals surface area contributed by atoms with E-state index in [0.717, 1.165) is 24.6 Å². The van der Waals surface area contributed by atoms with Gasteiger partial charge in [-0.1, -0.05) is 11.6 Å². The van der Waals surface area contributed by atoms with Crippen molar-refractivity contribution in [2.24, 2.45) is 11.7 Å². The third-order valence-electron chi connectivity index (χ3n) is 3.80. The Balaban J connectivity index is 2.45. The molecule has 1 fully saturated rings. The van der Waals surface area contributed by atoms with E-state index < -0.39 is 5.82 Å². The summed E-state index contributed by atoms with van der Waals surface area (Å²) in [7, 11) is 1.96. The van der Waals surface area contributed by atoms with Crippen LogP contribution in [0.2, 0.25) is 5.02 Å². The number of benzene rings is 1. The second-order valence-corrected chi connectivity index (χ2v) is 5.43. The fourth-order valence-electron chi connectivity index (χ4n) is 2.74. The molecule has 2 unspecified atom stereocenters. The summed E-state index contributed by atoms with van der Waals surface area (Å²) < 4.78 is 13.6. The summed E-state index contributed by atoms with van der Waals surface area (Å²) in [4.78, 5) is 2.09. The van der Waals surface area contributed by atoms with Gasteiger partial charge in [-0.25, -0.2) is 4.39 Å². The second-order valence-electron chi connectivity index (χ2n) is 5.02. The minimum atomic E-state index is -0.662. The van der Waals surface area contributed by atoms with Gasteiger partial charge in [-0.05, 0) is 44.5 Å². The van der Waals surface area contributed by atoms with Crippen molar-refractivity contribution in [2.45, 2.75) is 19.4 Å². The number of aromatic hydroxyl groups is 1. The number of phenolic OH excluding ortho intramolecular Hbond substituents is 1. The lowest BCUT2D eigenvalue weighted by Gasteiger charge is -2.23. The number of likely N-dealkylation sites (tertiary alicyclic amines) is 1. The molecule has 0 bridgehead atoms. The first-order chi connectivity index (χ1) is 8.45. The molecular weight excluding hydrogens is 255 g/mol. The number of hydrogen-bond acceptors (Lipinski definition) is 3. The van der Waals surface area contributed by atoms with Crippen LogP contribution in [0.4, 0.5) is 4.39 Å². The number of halogens is 2. The molecule has 2 atom stereocenters. The van der Waals surface area contributed by atoms with Crippen LogP contribution >= 0.6 is 11.6 Å². The lowest BCUT2D eigenvalue weighted by atomic mass is 9.95. The Labute approximate surface area is 111 Å². The molecule has 2 rings (SSSR count). The van der Waals surface area contributed by atoms with E-state index in [1.165, 1.54) is 0 Å². The molecule has 0 aromatic heterocycles. The van der Waals surface area contributed by atoms with Gasteiger partial charge in [-0.2, -0.15) is 0 Å². The van der Waals surface area contributed by atoms with Crippen molar-refractivity contribution in [1.82, 2.24) is 4.90 Å². The number of rotatable bonds is 2. The molecule has 100 valence electrons. The van der Waals surface area contributed by atoms with Gasteiger partial charge in [0.05, 0.1) is 0 Å². The number of phenols is 1. The van der Waals surface area contributed by atoms with Crippen molar-refractivity contribution >= 4 is 11.6 Å². The second kappa shape index (κ2) is 5.03. The molecule has 1 aromatic carbocycles. The highest BCUT2D eigenvalue weighted by Gasteiger charge is 2.33. The molecule has 0 saturated carbocycles. The number of hydrogen-bond donors (Lipinski definition) is 2. The molecule has 1 aromatic rings. The maximum absolute atomic E-state index is 13.6. The average molecular weight is 273 g/mol. The Bertz CT molecular complexity index is 441. The quantitative estimate of drug-likeness (QED) is 0.869. The Morgan fingerprint density at radius 2 is 2.28 bits per heavy atom. The number of nitrogens with two attached hydrogens (primary N) is 1. The molecule has 3 N–H and O–H groups in total. The zero-order chi connectivity index (χ0) is 13.4. The van der Waals surface area contributed by atoms with E-state index in [-0.39, 0.29) is 11.8 Å². The molecule has 0 radical (unpaired) electrons. The van der Waals surface area contributed by atoms with E-state index in [4.69, 9.17) is 17.3 Å². The van der Waals surface area contributed by atoms with Gasteiger partial charge in [0.2, 0.25) is 0 Å². The van der Waals surface area contributed by atoms with E-state index >= 15 is 0 Å². The van der Waals surface area contributed by atoms with Gasteiger partial charge in [0.15, 0.2) is 11.6 Å². The average Bonchev–Trinajstić information content (AvgIpc) is 2.69. The molecule has 0 aliphatic carbocycles. The van der Waals surface area contributed by atoms with Crippen LogP contribution in [0, 0.1) is 18.7 Å². The normalized spacial score (nSPS) is 24.7. The van der Waals surface area contributed by atoms with Crippen molar-refractivity contribution in [3.8, 4) is 5.75 Å². The van der Waals surface area contributed by atoms with Crippen molar-refractivity contribution in [1.29, 1.82) is 0 Å². The van der Waals surface area contributed by atoms with E-state index in [1.807, 2.05) is 7.05 Å². The Morgan fingerprint density at radius 3 is 2.83 bits per heavy atom. The SMILES string of the molecule is Cc1c(Cl)cc(F)c(O)c1C1CC(CN)CN1C. The molecule has 0 amide bonds. The molecule has 1 aliphatic heterocycles. The van der Waals surface area contributed by atoms with Crippen LogP contribution in [0.15, 0.2) is 6.07 Å². The Hall–Kier alpha value is -0.840. The van der Waals surface area contributed by atoms with Crippen LogP contribution in [-0.2, 0) is 0 Å². The zero-order valence-corrected chi connectivity index (χ0v) is 11.3. The first-order valence-electron chi connectivity index (χ1n) is 6.03. The summed E-state index contributed by atoms with van der Waals surface area (Å²) >= 11 is 5.99. The van der Waals surface area contributed by atoms with Crippen molar-refractivity contribution in [3.05, 3.63) is 28.0 Å². The topological polar surface area (TPSA) is 49.5 Å². The monoisotopic (exact) mass is 272 g/mol. The predicted octanol–water partition coefficient (Wildman–Crippen LogP) is 2.44. The molecule has 18 heavy (non-hydrogen) atoms. The highest BCUT2D eigenvalue weighted by atomic mass is 35.5. The van der Waals surface area contributed by atoms with Gasteiger partial charge < -0.3 is 10.8 Å². The standard InChI is InChI=1S/C13H18ClFN2O/c1-7-9(14)4-10(15)13(18)12(7)11-3-8(5-16)6-17(11)2/h4,8,11,18H,3,5-6,16H2,1-2H3. The summed E-state index contributed by atoms with van der Waals surface area (Å²) in [6.07, 6.45) is 0.821. The molecule has 1 saturated heterocycles. The third-order valence-corrected chi connectivity index (χ3v) is 4.19. The van der Waals surface area contributed by atoms with Crippen LogP contribution in [0.1, 0.15) is 23.6 Å². The minimum Gasteiger partial charge on any atom is -0.505 e. The van der Waals surface area contributed by atoms with E-state index in [9.17, 15) is 9.50 Å². The Morgan fingerprint density at radius 1 is 1.61 bits per heavy atom. The summed E-state index contributed by atoms with van der Waals surface area (Å²) in [5.74, 6) is -0.572. The molecule has 0 spiro atoms. The van der Waals surface area contributed by atoms with E-state index in [2.05, 4.69) is 4.90 Å².